The molecule has 0 saturated heterocycles. The van der Waals surface area contributed by atoms with Gasteiger partial charge in [0.2, 0.25) is 0 Å². The maximum Gasteiger partial charge on any atom is 0.137 e. The Morgan fingerprint density at radius 2 is 1.77 bits per heavy atom. The van der Waals surface area contributed by atoms with Crippen LogP contribution in [0, 0.1) is 13.8 Å². The van der Waals surface area contributed by atoms with Crippen LogP contribution in [0.15, 0.2) is 24.3 Å². The summed E-state index contributed by atoms with van der Waals surface area (Å²) in [4.78, 5) is 0. The van der Waals surface area contributed by atoms with Gasteiger partial charge in [-0.15, -0.1) is 0 Å². The topological polar surface area (TPSA) is 21.3 Å². The van der Waals surface area contributed by atoms with E-state index in [2.05, 4.69) is 70.3 Å². The normalized spacial score (nSPS) is 13.5. The lowest BCUT2D eigenvalue weighted by Crippen LogP contribution is -2.20. The fraction of sp³-hybridized carbons (Fsp3) is 0.300. The number of nitrogens with one attached hydrogen (secondary N) is 1. The molecule has 0 spiro atoms. The summed E-state index contributed by atoms with van der Waals surface area (Å²) in [5.41, 5.74) is 6.16. The van der Waals surface area contributed by atoms with Crippen molar-refractivity contribution in [2.45, 2.75) is 34.6 Å². The summed E-state index contributed by atoms with van der Waals surface area (Å²) in [5, 5.41) is 5.83. The van der Waals surface area contributed by atoms with Crippen LogP contribution in [0.5, 0.6) is 11.5 Å². The summed E-state index contributed by atoms with van der Waals surface area (Å²) >= 11 is 0. The molecule has 1 aliphatic heterocycles. The molecule has 2 heteroatoms. The molecule has 0 radical (unpaired) electrons. The Hall–Kier alpha value is -2.22. The van der Waals surface area contributed by atoms with Gasteiger partial charge in [-0.25, -0.2) is 0 Å². The van der Waals surface area contributed by atoms with Crippen LogP contribution in [0.25, 0.3) is 11.6 Å². The Labute approximate surface area is 132 Å². The van der Waals surface area contributed by atoms with Gasteiger partial charge in [0.25, 0.3) is 0 Å². The van der Waals surface area contributed by atoms with Gasteiger partial charge in [0.1, 0.15) is 11.5 Å². The molecule has 114 valence electrons. The standard InChI is InChI=1S/C20H23NO/c1-6-15-10-19-16(8-12(15)3)14(5)17-9-13(4)18(21-7-2)11-20(17)22-19/h6,8-11,21H,7H2,1-5H3/b15-6-. The Kier molecular flexibility index (Phi) is 3.69. The van der Waals surface area contributed by atoms with Crippen LogP contribution < -0.4 is 20.5 Å². The zero-order valence-corrected chi connectivity index (χ0v) is 14.0. The van der Waals surface area contributed by atoms with Crippen molar-refractivity contribution in [1.29, 1.82) is 0 Å². The monoisotopic (exact) mass is 293 g/mol. The largest absolute Gasteiger partial charge is 0.456 e. The lowest BCUT2D eigenvalue weighted by molar-refractivity contribution is 0.471. The molecule has 22 heavy (non-hydrogen) atoms. The predicted octanol–water partition coefficient (Wildman–Crippen LogP) is 3.86. The molecule has 0 saturated carbocycles. The van der Waals surface area contributed by atoms with Gasteiger partial charge in [-0.05, 0) is 74.7 Å². The van der Waals surface area contributed by atoms with Crippen LogP contribution in [-0.4, -0.2) is 6.54 Å². The van der Waals surface area contributed by atoms with Crippen LogP contribution >= 0.6 is 0 Å². The van der Waals surface area contributed by atoms with Gasteiger partial charge in [-0.1, -0.05) is 6.08 Å². The molecule has 0 atom stereocenters. The average Bonchev–Trinajstić information content (AvgIpc) is 2.50. The molecule has 2 nitrogen and oxygen atoms in total. The van der Waals surface area contributed by atoms with Crippen LogP contribution in [0.3, 0.4) is 0 Å². The Morgan fingerprint density at radius 1 is 1.00 bits per heavy atom. The number of benzene rings is 2. The van der Waals surface area contributed by atoms with Gasteiger partial charge in [-0.3, -0.25) is 0 Å². The lowest BCUT2D eigenvalue weighted by atomic mass is 9.96. The van der Waals surface area contributed by atoms with E-state index in [9.17, 15) is 0 Å². The highest BCUT2D eigenvalue weighted by Crippen LogP contribution is 2.36. The van der Waals surface area contributed by atoms with Crippen LogP contribution in [0.2, 0.25) is 0 Å². The zero-order chi connectivity index (χ0) is 15.9. The van der Waals surface area contributed by atoms with Crippen LogP contribution in [-0.2, 0) is 0 Å². The number of hydrogen-bond donors (Lipinski definition) is 1. The van der Waals surface area contributed by atoms with E-state index < -0.39 is 0 Å². The van der Waals surface area contributed by atoms with Crippen LogP contribution in [0.4, 0.5) is 5.69 Å². The first-order chi connectivity index (χ1) is 10.5. The van der Waals surface area contributed by atoms with Crippen molar-refractivity contribution in [2.75, 3.05) is 11.9 Å². The van der Waals surface area contributed by atoms with E-state index in [0.717, 1.165) is 23.7 Å². The summed E-state index contributed by atoms with van der Waals surface area (Å²) in [6.45, 7) is 11.6. The smallest absolute Gasteiger partial charge is 0.137 e. The van der Waals surface area contributed by atoms with Crippen molar-refractivity contribution in [3.05, 3.63) is 51.4 Å². The summed E-state index contributed by atoms with van der Waals surface area (Å²) in [6.07, 6.45) is 2.13. The number of rotatable bonds is 2. The third kappa shape index (κ3) is 2.29. The third-order valence-electron chi connectivity index (χ3n) is 4.40. The molecule has 2 aromatic carbocycles. The molecular weight excluding hydrogens is 270 g/mol. The molecule has 0 aliphatic carbocycles. The van der Waals surface area contributed by atoms with E-state index in [1.807, 2.05) is 0 Å². The quantitative estimate of drug-likeness (QED) is 0.908. The highest BCUT2D eigenvalue weighted by molar-refractivity contribution is 5.76. The van der Waals surface area contributed by atoms with Gasteiger partial charge in [0.15, 0.2) is 0 Å². The molecule has 0 unspecified atom stereocenters. The van der Waals surface area contributed by atoms with Crippen molar-refractivity contribution in [1.82, 2.24) is 0 Å². The van der Waals surface area contributed by atoms with Crippen molar-refractivity contribution >= 4 is 17.3 Å². The molecule has 1 heterocycles. The Bertz CT molecular complexity index is 862. The Balaban J connectivity index is 2.27. The van der Waals surface area contributed by atoms with E-state index in [-0.39, 0.29) is 0 Å². The number of hydrogen-bond acceptors (Lipinski definition) is 2. The SMILES string of the molecule is C/C=c1/cc2c(cc1C)=C(C)c1cc(C)c(NCC)cc1O2. The number of ether oxygens (including phenoxy) is 1. The van der Waals surface area contributed by atoms with E-state index in [0.29, 0.717) is 0 Å². The number of fused-ring (bicyclic) bond motifs is 2. The van der Waals surface area contributed by atoms with Gasteiger partial charge in [0.05, 0.1) is 0 Å². The minimum absolute atomic E-state index is 0.910. The van der Waals surface area contributed by atoms with Gasteiger partial charge < -0.3 is 10.1 Å². The van der Waals surface area contributed by atoms with E-state index >= 15 is 0 Å². The second-order valence-corrected chi connectivity index (χ2v) is 5.91. The molecule has 1 aliphatic rings. The lowest BCUT2D eigenvalue weighted by Gasteiger charge is -2.21. The second-order valence-electron chi connectivity index (χ2n) is 5.91. The molecule has 1 N–H and O–H groups in total. The third-order valence-corrected chi connectivity index (χ3v) is 4.40. The number of aryl methyl sites for hydroxylation is 2. The first-order valence-corrected chi connectivity index (χ1v) is 7.89. The Morgan fingerprint density at radius 3 is 2.45 bits per heavy atom. The molecule has 0 fully saturated rings. The highest BCUT2D eigenvalue weighted by Gasteiger charge is 2.18. The summed E-state index contributed by atoms with van der Waals surface area (Å²) < 4.78 is 6.21. The fourth-order valence-electron chi connectivity index (χ4n) is 3.10. The van der Waals surface area contributed by atoms with Gasteiger partial charge in [0, 0.05) is 29.1 Å². The van der Waals surface area contributed by atoms with Crippen molar-refractivity contribution in [3.63, 3.8) is 0 Å². The fourth-order valence-corrected chi connectivity index (χ4v) is 3.10. The predicted molar refractivity (Wildman–Crippen MR) is 94.2 cm³/mol. The minimum Gasteiger partial charge on any atom is -0.456 e. The van der Waals surface area contributed by atoms with E-state index in [4.69, 9.17) is 4.74 Å². The molecular formula is C20H23NO. The molecule has 3 rings (SSSR count). The van der Waals surface area contributed by atoms with Gasteiger partial charge >= 0.3 is 0 Å². The van der Waals surface area contributed by atoms with Gasteiger partial charge in [-0.2, -0.15) is 0 Å². The van der Waals surface area contributed by atoms with Crippen molar-refractivity contribution in [2.24, 2.45) is 0 Å². The van der Waals surface area contributed by atoms with E-state index in [1.54, 1.807) is 0 Å². The maximum absolute atomic E-state index is 6.21. The van der Waals surface area contributed by atoms with E-state index in [1.165, 1.54) is 32.7 Å². The highest BCUT2D eigenvalue weighted by atomic mass is 16.5. The summed E-state index contributed by atoms with van der Waals surface area (Å²) in [6, 6.07) is 8.72. The van der Waals surface area contributed by atoms with Crippen LogP contribution in [0.1, 0.15) is 37.5 Å². The first-order valence-electron chi connectivity index (χ1n) is 7.89. The maximum atomic E-state index is 6.21. The molecule has 0 amide bonds. The summed E-state index contributed by atoms with van der Waals surface area (Å²) in [5.74, 6) is 1.90. The summed E-state index contributed by atoms with van der Waals surface area (Å²) in [7, 11) is 0. The average molecular weight is 293 g/mol. The molecule has 0 bridgehead atoms. The van der Waals surface area contributed by atoms with Crippen molar-refractivity contribution in [3.8, 4) is 11.5 Å². The minimum atomic E-state index is 0.910. The first kappa shape index (κ1) is 14.7. The second kappa shape index (κ2) is 5.53. The van der Waals surface area contributed by atoms with Crippen molar-refractivity contribution < 1.29 is 4.74 Å². The molecule has 2 aromatic rings. The zero-order valence-electron chi connectivity index (χ0n) is 14.0. The number of anilines is 1. The molecule has 0 aromatic heterocycles.